The summed E-state index contributed by atoms with van der Waals surface area (Å²) >= 11 is 5.65. The Bertz CT molecular complexity index is 8680. The zero-order valence-corrected chi connectivity index (χ0v) is 73.6. The molecule has 0 saturated heterocycles. The van der Waals surface area contributed by atoms with Crippen LogP contribution in [-0.2, 0) is 0 Å². The van der Waals surface area contributed by atoms with Crippen molar-refractivity contribution in [2.75, 3.05) is 0 Å². The SMILES string of the molecule is c1ccc(-c2cc(-c3ccccc3)nc(-c3cccc(-n4c5ccccc5c5c6sc7ccccc7c6ccc54)c3)n2)cc1.c1ccc(-c2ccc(-c3cccc(-c4cccc(-n5c6ccccc6c6c7sc8ccccc8c7ccc65)c4)c3)cc2)cc1.c1ccc(-c2nc(-c3ccccc3)nc(-c3cccc(-n4c5ccccc5c5c6sc7ccccc7c6ccc54)c3)n2)cc1. The third-order valence-corrected chi connectivity index (χ3v) is 29.1. The Balaban J connectivity index is 0.000000106. The summed E-state index contributed by atoms with van der Waals surface area (Å²) in [7, 11) is 0. The van der Waals surface area contributed by atoms with Crippen LogP contribution in [0.25, 0.3) is 244 Å². The van der Waals surface area contributed by atoms with Crippen LogP contribution < -0.4 is 0 Å². The number of hydrogen-bond acceptors (Lipinski definition) is 8. The van der Waals surface area contributed by atoms with Crippen LogP contribution in [0.2, 0.25) is 0 Å². The normalized spacial score (nSPS) is 11.6. The molecule has 0 fully saturated rings. The smallest absolute Gasteiger partial charge is 0.164 e. The van der Waals surface area contributed by atoms with Gasteiger partial charge in [-0.2, -0.15) is 0 Å². The summed E-state index contributed by atoms with van der Waals surface area (Å²) in [6.07, 6.45) is 0. The van der Waals surface area contributed by atoms with Gasteiger partial charge in [0.15, 0.2) is 23.3 Å². The minimum Gasteiger partial charge on any atom is -0.309 e. The molecule has 0 aliphatic carbocycles. The number of rotatable bonds is 12. The number of para-hydroxylation sites is 3. The summed E-state index contributed by atoms with van der Waals surface area (Å²) < 4.78 is 15.2. The second kappa shape index (κ2) is 32.9. The summed E-state index contributed by atoms with van der Waals surface area (Å²) in [4.78, 5) is 25.0. The van der Waals surface area contributed by atoms with Crippen molar-refractivity contribution in [2.45, 2.75) is 0 Å². The highest BCUT2D eigenvalue weighted by Gasteiger charge is 2.24. The Morgan fingerprint density at radius 3 is 0.788 bits per heavy atom. The number of aromatic nitrogens is 8. The number of thiophene rings is 3. The molecule has 8 heterocycles. The zero-order chi connectivity index (χ0) is 87.1. The summed E-state index contributed by atoms with van der Waals surface area (Å²) in [5, 5.41) is 15.7. The van der Waals surface area contributed by atoms with E-state index in [2.05, 4.69) is 402 Å². The summed E-state index contributed by atoms with van der Waals surface area (Å²) in [5.74, 6) is 2.67. The van der Waals surface area contributed by atoms with Crippen molar-refractivity contribution >= 4 is 160 Å². The van der Waals surface area contributed by atoms with Crippen LogP contribution in [-0.4, -0.2) is 38.6 Å². The minimum atomic E-state index is 0.646. The van der Waals surface area contributed by atoms with E-state index in [9.17, 15) is 0 Å². The van der Waals surface area contributed by atoms with Crippen LogP contribution >= 0.6 is 34.0 Å². The maximum absolute atomic E-state index is 5.09. The van der Waals surface area contributed by atoms with Crippen LogP contribution in [0.4, 0.5) is 0 Å². The first-order valence-electron chi connectivity index (χ1n) is 44.4. The van der Waals surface area contributed by atoms with Gasteiger partial charge in [0.05, 0.1) is 44.5 Å². The van der Waals surface area contributed by atoms with E-state index < -0.39 is 0 Å². The summed E-state index contributed by atoms with van der Waals surface area (Å²) in [6.45, 7) is 0. The van der Waals surface area contributed by atoms with Gasteiger partial charge in [-0.25, -0.2) is 24.9 Å². The Hall–Kier alpha value is -16.7. The lowest BCUT2D eigenvalue weighted by Gasteiger charge is -2.12. The van der Waals surface area contributed by atoms with Crippen LogP contribution in [0.5, 0.6) is 0 Å². The van der Waals surface area contributed by atoms with Crippen LogP contribution in [0.1, 0.15) is 0 Å². The Labute approximate surface area is 772 Å². The van der Waals surface area contributed by atoms with Crippen molar-refractivity contribution in [3.63, 3.8) is 0 Å². The molecule has 0 spiro atoms. The van der Waals surface area contributed by atoms with Gasteiger partial charge < -0.3 is 13.7 Å². The van der Waals surface area contributed by atoms with Gasteiger partial charge in [0, 0.05) is 143 Å². The lowest BCUT2D eigenvalue weighted by molar-refractivity contribution is 1.07. The van der Waals surface area contributed by atoms with Crippen molar-refractivity contribution in [1.29, 1.82) is 0 Å². The minimum absolute atomic E-state index is 0.646. The van der Waals surface area contributed by atoms with Gasteiger partial charge in [0.2, 0.25) is 0 Å². The van der Waals surface area contributed by atoms with E-state index in [0.717, 1.165) is 56.1 Å². The molecule has 132 heavy (non-hydrogen) atoms. The van der Waals surface area contributed by atoms with E-state index in [1.165, 1.54) is 165 Å². The molecule has 8 aromatic heterocycles. The molecule has 0 atom stereocenters. The Morgan fingerprint density at radius 2 is 0.409 bits per heavy atom. The number of benzene rings is 19. The van der Waals surface area contributed by atoms with Gasteiger partial charge in [-0.1, -0.05) is 358 Å². The van der Waals surface area contributed by atoms with Crippen molar-refractivity contribution in [3.8, 4) is 119 Å². The van der Waals surface area contributed by atoms with E-state index in [-0.39, 0.29) is 0 Å². The molecule has 27 aromatic rings. The molecular formula is C121H76N8S3. The lowest BCUT2D eigenvalue weighted by Crippen LogP contribution is -2.01. The number of nitrogens with zero attached hydrogens (tertiary/aromatic N) is 8. The van der Waals surface area contributed by atoms with Crippen molar-refractivity contribution in [1.82, 2.24) is 38.6 Å². The number of fused-ring (bicyclic) bond motifs is 21. The highest BCUT2D eigenvalue weighted by atomic mass is 32.1. The largest absolute Gasteiger partial charge is 0.309 e. The van der Waals surface area contributed by atoms with Crippen LogP contribution in [0.15, 0.2) is 461 Å². The Kier molecular flexibility index (Phi) is 19.3. The first-order chi connectivity index (χ1) is 65.4. The van der Waals surface area contributed by atoms with Gasteiger partial charge in [0.1, 0.15) is 0 Å². The molecule has 19 aromatic carbocycles. The number of hydrogen-bond donors (Lipinski definition) is 0. The summed E-state index contributed by atoms with van der Waals surface area (Å²) in [6, 6.07) is 164. The molecule has 0 bridgehead atoms. The fourth-order valence-electron chi connectivity index (χ4n) is 19.3. The molecule has 0 saturated carbocycles. The molecule has 0 aliphatic heterocycles. The van der Waals surface area contributed by atoms with E-state index in [1.54, 1.807) is 0 Å². The second-order valence-corrected chi connectivity index (χ2v) is 36.4. The van der Waals surface area contributed by atoms with Crippen molar-refractivity contribution < 1.29 is 0 Å². The lowest BCUT2D eigenvalue weighted by atomic mass is 9.97. The molecule has 0 unspecified atom stereocenters. The maximum atomic E-state index is 5.09. The average molecular weight is 1740 g/mol. The highest BCUT2D eigenvalue weighted by Crippen LogP contribution is 2.49. The Morgan fingerprint density at radius 1 is 0.152 bits per heavy atom. The van der Waals surface area contributed by atoms with Crippen LogP contribution in [0, 0.1) is 0 Å². The molecule has 8 nitrogen and oxygen atoms in total. The second-order valence-electron chi connectivity index (χ2n) is 33.3. The first-order valence-corrected chi connectivity index (χ1v) is 46.9. The first kappa shape index (κ1) is 77.7. The predicted molar refractivity (Wildman–Crippen MR) is 559 cm³/mol. The van der Waals surface area contributed by atoms with Gasteiger partial charge in [-0.3, -0.25) is 0 Å². The highest BCUT2D eigenvalue weighted by molar-refractivity contribution is 7.27. The molecule has 0 amide bonds. The van der Waals surface area contributed by atoms with Crippen molar-refractivity contribution in [2.24, 2.45) is 0 Å². The molecule has 0 radical (unpaired) electrons. The molecular weight excluding hydrogens is 1660 g/mol. The van der Waals surface area contributed by atoms with Gasteiger partial charge in [-0.15, -0.1) is 34.0 Å². The third kappa shape index (κ3) is 13.8. The van der Waals surface area contributed by atoms with Crippen molar-refractivity contribution in [3.05, 3.63) is 461 Å². The molecule has 27 rings (SSSR count). The third-order valence-electron chi connectivity index (χ3n) is 25.5. The van der Waals surface area contributed by atoms with Gasteiger partial charge >= 0.3 is 0 Å². The molecule has 0 aliphatic rings. The van der Waals surface area contributed by atoms with Crippen LogP contribution in [0.3, 0.4) is 0 Å². The standard InChI is InChI=1S/C42H27NS.C40H25N3S.C39H24N4S/c1-2-10-28(11-3-1)29-20-22-30(23-21-29)31-12-8-13-32(26-31)33-14-9-15-34(27-33)43-38-18-6-4-17-37(38)41-39(43)25-24-36-35-16-5-7-19-40(35)44-42(36)41;1-3-12-26(13-4-1)33-25-34(27-14-5-2-6-15-27)42-40(41-33)28-16-11-17-29(24-28)43-35-20-9-7-19-32(35)38-36(43)23-22-31-30-18-8-10-21-37(30)44-39(31)38;1-3-12-25(13-4-1)37-40-38(26-14-5-2-6-15-26)42-39(41-37)27-16-11-17-28(24-27)43-32-20-9-7-19-31(32)35-33(43)23-22-30-29-18-8-10-21-34(29)44-36(30)35/h1-27H;1-25H;1-24H. The topological polar surface area (TPSA) is 79.2 Å². The fraction of sp³-hybridized carbons (Fsp3) is 0. The molecule has 0 N–H and O–H groups in total. The molecule has 618 valence electrons. The zero-order valence-electron chi connectivity index (χ0n) is 71.2. The average Bonchev–Trinajstić information content (AvgIpc) is 1.57. The maximum Gasteiger partial charge on any atom is 0.164 e. The predicted octanol–water partition coefficient (Wildman–Crippen LogP) is 33.4. The van der Waals surface area contributed by atoms with E-state index >= 15 is 0 Å². The van der Waals surface area contributed by atoms with E-state index in [0.29, 0.717) is 23.3 Å². The molecule has 11 heteroatoms. The van der Waals surface area contributed by atoms with E-state index in [1.807, 2.05) is 107 Å². The van der Waals surface area contributed by atoms with Gasteiger partial charge in [-0.05, 0) is 137 Å². The quantitative estimate of drug-likeness (QED) is 0.122. The van der Waals surface area contributed by atoms with Gasteiger partial charge in [0.25, 0.3) is 0 Å². The fourth-order valence-corrected chi connectivity index (χ4v) is 23.1. The van der Waals surface area contributed by atoms with E-state index in [4.69, 9.17) is 24.9 Å². The summed E-state index contributed by atoms with van der Waals surface area (Å²) in [5.41, 5.74) is 25.7. The monoisotopic (exact) mass is 1740 g/mol.